The summed E-state index contributed by atoms with van der Waals surface area (Å²) in [6.07, 6.45) is 1.42. The van der Waals surface area contributed by atoms with Crippen LogP contribution in [-0.4, -0.2) is 30.7 Å². The zero-order valence-electron chi connectivity index (χ0n) is 12.1. The molecule has 1 aromatic heterocycles. The zero-order chi connectivity index (χ0) is 15.6. The van der Waals surface area contributed by atoms with Gasteiger partial charge in [0.15, 0.2) is 5.76 Å². The van der Waals surface area contributed by atoms with Gasteiger partial charge in [-0.2, -0.15) is 11.8 Å². The van der Waals surface area contributed by atoms with Gasteiger partial charge in [-0.05, 0) is 17.7 Å². The van der Waals surface area contributed by atoms with E-state index < -0.39 is 5.91 Å². The molecular weight excluding hydrogens is 300 g/mol. The van der Waals surface area contributed by atoms with Crippen molar-refractivity contribution in [1.82, 2.24) is 10.6 Å². The lowest BCUT2D eigenvalue weighted by atomic mass is 10.2. The molecule has 0 aliphatic rings. The van der Waals surface area contributed by atoms with Crippen molar-refractivity contribution in [2.24, 2.45) is 0 Å². The van der Waals surface area contributed by atoms with E-state index in [9.17, 15) is 9.59 Å². The fourth-order valence-corrected chi connectivity index (χ4v) is 2.56. The van der Waals surface area contributed by atoms with Crippen molar-refractivity contribution in [2.45, 2.75) is 5.75 Å². The summed E-state index contributed by atoms with van der Waals surface area (Å²) in [7, 11) is 0. The first-order chi connectivity index (χ1) is 10.8. The summed E-state index contributed by atoms with van der Waals surface area (Å²) in [4.78, 5) is 23.1. The minimum absolute atomic E-state index is 0.0527. The van der Waals surface area contributed by atoms with Crippen LogP contribution in [-0.2, 0) is 10.5 Å². The van der Waals surface area contributed by atoms with Crippen LogP contribution in [0.4, 0.5) is 0 Å². The molecule has 116 valence electrons. The molecule has 2 amide bonds. The topological polar surface area (TPSA) is 71.3 Å². The molecule has 1 heterocycles. The van der Waals surface area contributed by atoms with Crippen LogP contribution in [0.25, 0.3) is 0 Å². The predicted octanol–water partition coefficient (Wildman–Crippen LogP) is 2.06. The van der Waals surface area contributed by atoms with Crippen LogP contribution in [0.15, 0.2) is 53.1 Å². The predicted molar refractivity (Wildman–Crippen MR) is 86.7 cm³/mol. The van der Waals surface area contributed by atoms with Gasteiger partial charge in [-0.3, -0.25) is 9.59 Å². The van der Waals surface area contributed by atoms with E-state index in [1.54, 1.807) is 23.9 Å². The second kappa shape index (κ2) is 8.94. The SMILES string of the molecule is O=C(CNC(=O)c1ccco1)NCCSCc1ccccc1. The molecule has 0 saturated carbocycles. The van der Waals surface area contributed by atoms with Gasteiger partial charge >= 0.3 is 0 Å². The van der Waals surface area contributed by atoms with Crippen LogP contribution in [0.5, 0.6) is 0 Å². The van der Waals surface area contributed by atoms with Gasteiger partial charge in [0.1, 0.15) is 0 Å². The monoisotopic (exact) mass is 318 g/mol. The van der Waals surface area contributed by atoms with Crippen LogP contribution in [0.3, 0.4) is 0 Å². The van der Waals surface area contributed by atoms with Gasteiger partial charge in [0.05, 0.1) is 12.8 Å². The summed E-state index contributed by atoms with van der Waals surface area (Å²) in [5, 5.41) is 5.26. The van der Waals surface area contributed by atoms with Gasteiger partial charge in [0.2, 0.25) is 5.91 Å². The van der Waals surface area contributed by atoms with E-state index in [-0.39, 0.29) is 18.2 Å². The largest absolute Gasteiger partial charge is 0.459 e. The molecule has 0 saturated heterocycles. The van der Waals surface area contributed by atoms with E-state index in [1.807, 2.05) is 18.2 Å². The number of thioether (sulfide) groups is 1. The van der Waals surface area contributed by atoms with Gasteiger partial charge in [-0.15, -0.1) is 0 Å². The first-order valence-corrected chi connectivity index (χ1v) is 8.11. The quantitative estimate of drug-likeness (QED) is 0.731. The number of hydrogen-bond donors (Lipinski definition) is 2. The molecule has 0 aliphatic heterocycles. The van der Waals surface area contributed by atoms with Crippen LogP contribution in [0.2, 0.25) is 0 Å². The molecule has 2 aromatic rings. The highest BCUT2D eigenvalue weighted by Crippen LogP contribution is 2.10. The molecule has 6 heteroatoms. The lowest BCUT2D eigenvalue weighted by Gasteiger charge is -2.06. The van der Waals surface area contributed by atoms with Crippen molar-refractivity contribution < 1.29 is 14.0 Å². The lowest BCUT2D eigenvalue weighted by molar-refractivity contribution is -0.120. The van der Waals surface area contributed by atoms with E-state index in [2.05, 4.69) is 22.8 Å². The Hall–Kier alpha value is -2.21. The third-order valence-corrected chi connectivity index (χ3v) is 3.86. The molecule has 0 aliphatic carbocycles. The number of furan rings is 1. The molecule has 0 fully saturated rings. The Labute approximate surface area is 133 Å². The second-order valence-corrected chi connectivity index (χ2v) is 5.65. The Bertz CT molecular complexity index is 585. The van der Waals surface area contributed by atoms with E-state index in [1.165, 1.54) is 11.8 Å². The first-order valence-electron chi connectivity index (χ1n) is 6.96. The molecule has 5 nitrogen and oxygen atoms in total. The standard InChI is InChI=1S/C16H18N2O3S/c19-15(11-18-16(20)14-7-4-9-21-14)17-8-10-22-12-13-5-2-1-3-6-13/h1-7,9H,8,10-12H2,(H,17,19)(H,18,20). The Morgan fingerprint density at radius 3 is 2.59 bits per heavy atom. The van der Waals surface area contributed by atoms with E-state index in [4.69, 9.17) is 4.42 Å². The van der Waals surface area contributed by atoms with Crippen molar-refractivity contribution in [3.8, 4) is 0 Å². The maximum absolute atomic E-state index is 11.6. The summed E-state index contributed by atoms with van der Waals surface area (Å²) in [6, 6.07) is 13.3. The second-order valence-electron chi connectivity index (χ2n) is 4.55. The fraction of sp³-hybridized carbons (Fsp3) is 0.250. The Balaban J connectivity index is 1.53. The Kier molecular flexibility index (Phi) is 6.57. The maximum Gasteiger partial charge on any atom is 0.287 e. The van der Waals surface area contributed by atoms with E-state index in [0.29, 0.717) is 6.54 Å². The lowest BCUT2D eigenvalue weighted by Crippen LogP contribution is -2.37. The highest BCUT2D eigenvalue weighted by atomic mass is 32.2. The Morgan fingerprint density at radius 1 is 1.05 bits per heavy atom. The van der Waals surface area contributed by atoms with Crippen molar-refractivity contribution in [3.05, 3.63) is 60.1 Å². The van der Waals surface area contributed by atoms with Gasteiger partial charge in [0.25, 0.3) is 5.91 Å². The summed E-state index contributed by atoms with van der Waals surface area (Å²) in [6.45, 7) is 0.524. The molecule has 22 heavy (non-hydrogen) atoms. The van der Waals surface area contributed by atoms with Gasteiger partial charge < -0.3 is 15.1 Å². The van der Waals surface area contributed by atoms with E-state index >= 15 is 0 Å². The number of carbonyl (C=O) groups is 2. The van der Waals surface area contributed by atoms with Crippen LogP contribution >= 0.6 is 11.8 Å². The number of nitrogens with one attached hydrogen (secondary N) is 2. The van der Waals surface area contributed by atoms with Crippen molar-refractivity contribution in [3.63, 3.8) is 0 Å². The number of rotatable bonds is 8. The van der Waals surface area contributed by atoms with Crippen molar-refractivity contribution >= 4 is 23.6 Å². The molecule has 0 unspecified atom stereocenters. The molecule has 1 aromatic carbocycles. The van der Waals surface area contributed by atoms with Crippen LogP contribution < -0.4 is 10.6 Å². The van der Waals surface area contributed by atoms with Crippen molar-refractivity contribution in [2.75, 3.05) is 18.8 Å². The summed E-state index contributed by atoms with van der Waals surface area (Å²) in [5.41, 5.74) is 1.27. The summed E-state index contributed by atoms with van der Waals surface area (Å²) >= 11 is 1.75. The smallest absolute Gasteiger partial charge is 0.287 e. The molecule has 2 N–H and O–H groups in total. The number of benzene rings is 1. The summed E-state index contributed by atoms with van der Waals surface area (Å²) < 4.78 is 4.94. The third kappa shape index (κ3) is 5.65. The van der Waals surface area contributed by atoms with Gasteiger partial charge in [-0.1, -0.05) is 30.3 Å². The third-order valence-electron chi connectivity index (χ3n) is 2.83. The average Bonchev–Trinajstić information content (AvgIpc) is 3.08. The average molecular weight is 318 g/mol. The minimum Gasteiger partial charge on any atom is -0.459 e. The minimum atomic E-state index is -0.390. The number of carbonyl (C=O) groups excluding carboxylic acids is 2. The maximum atomic E-state index is 11.6. The molecular formula is C16H18N2O3S. The zero-order valence-corrected chi connectivity index (χ0v) is 12.9. The van der Waals surface area contributed by atoms with Crippen LogP contribution in [0.1, 0.15) is 16.1 Å². The number of hydrogen-bond acceptors (Lipinski definition) is 4. The molecule has 0 radical (unpaired) electrons. The van der Waals surface area contributed by atoms with Crippen molar-refractivity contribution in [1.29, 1.82) is 0 Å². The highest BCUT2D eigenvalue weighted by molar-refractivity contribution is 7.98. The van der Waals surface area contributed by atoms with E-state index in [0.717, 1.165) is 11.5 Å². The highest BCUT2D eigenvalue weighted by Gasteiger charge is 2.09. The fourth-order valence-electron chi connectivity index (χ4n) is 1.74. The van der Waals surface area contributed by atoms with Gasteiger partial charge in [0, 0.05) is 18.1 Å². The molecule has 2 rings (SSSR count). The molecule has 0 atom stereocenters. The molecule has 0 spiro atoms. The van der Waals surface area contributed by atoms with Gasteiger partial charge in [-0.25, -0.2) is 0 Å². The Morgan fingerprint density at radius 2 is 1.86 bits per heavy atom. The normalized spacial score (nSPS) is 10.2. The summed E-state index contributed by atoms with van der Waals surface area (Å²) in [5.74, 6) is 1.35. The number of amides is 2. The first kappa shape index (κ1) is 16.2. The molecule has 0 bridgehead atoms. The van der Waals surface area contributed by atoms with Crippen LogP contribution in [0, 0.1) is 0 Å².